The van der Waals surface area contributed by atoms with E-state index in [1.807, 2.05) is 0 Å². The number of carbonyl (C=O) groups is 2. The molecule has 8 atom stereocenters. The van der Waals surface area contributed by atoms with Gasteiger partial charge in [-0.3, -0.25) is 9.59 Å². The molecule has 1 aromatic carbocycles. The fraction of sp³-hybridized carbons (Fsp3) is 0.529. The lowest BCUT2D eigenvalue weighted by Gasteiger charge is -2.32. The lowest BCUT2D eigenvalue weighted by atomic mass is 9.64. The summed E-state index contributed by atoms with van der Waals surface area (Å²) in [7, 11) is 0. The third-order valence-corrected chi connectivity index (χ3v) is 7.02. The van der Waals surface area contributed by atoms with E-state index in [-0.39, 0.29) is 47.4 Å². The predicted octanol–water partition coefficient (Wildman–Crippen LogP) is 2.39. The largest absolute Gasteiger partial charge is 0.369 e. The second-order valence-corrected chi connectivity index (χ2v) is 8.15. The summed E-state index contributed by atoms with van der Waals surface area (Å²) in [4.78, 5) is 26.2. The zero-order chi connectivity index (χ0) is 15.7. The van der Waals surface area contributed by atoms with Crippen molar-refractivity contribution >= 4 is 34.8 Å². The summed E-state index contributed by atoms with van der Waals surface area (Å²) in [6.07, 6.45) is 0.580. The molecule has 0 amide bonds. The maximum Gasteiger partial charge on any atom is 0.187 e. The quantitative estimate of drug-likeness (QED) is 0.729. The molecule has 118 valence electrons. The van der Waals surface area contributed by atoms with Gasteiger partial charge < -0.3 is 9.47 Å². The zero-order valence-corrected chi connectivity index (χ0v) is 13.4. The van der Waals surface area contributed by atoms with Gasteiger partial charge >= 0.3 is 0 Å². The van der Waals surface area contributed by atoms with Gasteiger partial charge in [-0.2, -0.15) is 0 Å². The summed E-state index contributed by atoms with van der Waals surface area (Å²) in [6, 6.07) is 4.97. The number of carbonyl (C=O) groups excluding carboxylic acids is 2. The van der Waals surface area contributed by atoms with E-state index in [1.165, 1.54) is 0 Å². The minimum atomic E-state index is -1.21. The molecule has 5 fully saturated rings. The molecule has 0 spiro atoms. The van der Waals surface area contributed by atoms with Crippen molar-refractivity contribution in [3.8, 4) is 0 Å². The third-order valence-electron chi connectivity index (χ3n) is 6.46. The van der Waals surface area contributed by atoms with Crippen LogP contribution in [0, 0.1) is 23.7 Å². The Labute approximate surface area is 142 Å². The average molecular weight is 351 g/mol. The highest BCUT2D eigenvalue weighted by molar-refractivity contribution is 6.34. The van der Waals surface area contributed by atoms with Crippen LogP contribution in [0.4, 0.5) is 0 Å². The van der Waals surface area contributed by atoms with Crippen LogP contribution in [0.15, 0.2) is 18.2 Å². The second-order valence-electron chi connectivity index (χ2n) is 7.30. The molecule has 2 saturated heterocycles. The van der Waals surface area contributed by atoms with Gasteiger partial charge in [-0.15, -0.1) is 0 Å². The molecule has 4 nitrogen and oxygen atoms in total. The highest BCUT2D eigenvalue weighted by Crippen LogP contribution is 2.68. The first-order chi connectivity index (χ1) is 11.0. The van der Waals surface area contributed by atoms with Gasteiger partial charge in [-0.05, 0) is 36.5 Å². The minimum absolute atomic E-state index is 0.00211. The molecular formula is C17H12Cl2O4. The Kier molecular flexibility index (Phi) is 2.22. The minimum Gasteiger partial charge on any atom is -0.369 e. The van der Waals surface area contributed by atoms with Crippen LogP contribution in [0.2, 0.25) is 10.0 Å². The Bertz CT molecular complexity index is 808. The Morgan fingerprint density at radius 1 is 1.09 bits per heavy atom. The van der Waals surface area contributed by atoms with Crippen molar-refractivity contribution in [3.05, 3.63) is 33.8 Å². The number of halogens is 2. The number of fused-ring (bicyclic) bond motifs is 9. The number of epoxide rings is 2. The normalized spacial score (nSPS) is 51.3. The van der Waals surface area contributed by atoms with Crippen LogP contribution in [0.1, 0.15) is 12.0 Å². The summed E-state index contributed by atoms with van der Waals surface area (Å²) in [5.41, 5.74) is -0.681. The summed E-state index contributed by atoms with van der Waals surface area (Å²) >= 11 is 12.4. The maximum atomic E-state index is 13.3. The molecule has 2 bridgehead atoms. The highest BCUT2D eigenvalue weighted by Gasteiger charge is 2.81. The van der Waals surface area contributed by atoms with Crippen LogP contribution in [0.25, 0.3) is 0 Å². The van der Waals surface area contributed by atoms with E-state index >= 15 is 0 Å². The Morgan fingerprint density at radius 3 is 2.61 bits per heavy atom. The van der Waals surface area contributed by atoms with Gasteiger partial charge in [0.25, 0.3) is 0 Å². The molecule has 0 N–H and O–H groups in total. The predicted molar refractivity (Wildman–Crippen MR) is 80.3 cm³/mol. The summed E-state index contributed by atoms with van der Waals surface area (Å²) in [6.45, 7) is 0. The van der Waals surface area contributed by atoms with Crippen molar-refractivity contribution in [2.75, 3.05) is 0 Å². The van der Waals surface area contributed by atoms with Gasteiger partial charge in [0.1, 0.15) is 0 Å². The molecule has 2 aliphatic heterocycles. The van der Waals surface area contributed by atoms with Gasteiger partial charge in [0.15, 0.2) is 23.3 Å². The lowest BCUT2D eigenvalue weighted by Crippen LogP contribution is -2.50. The summed E-state index contributed by atoms with van der Waals surface area (Å²) < 4.78 is 11.4. The molecule has 23 heavy (non-hydrogen) atoms. The van der Waals surface area contributed by atoms with Crippen molar-refractivity contribution in [2.45, 2.75) is 30.3 Å². The van der Waals surface area contributed by atoms with Crippen molar-refractivity contribution in [1.29, 1.82) is 0 Å². The van der Waals surface area contributed by atoms with Crippen molar-refractivity contribution in [2.24, 2.45) is 23.7 Å². The van der Waals surface area contributed by atoms with Gasteiger partial charge in [0.2, 0.25) is 0 Å². The van der Waals surface area contributed by atoms with E-state index in [2.05, 4.69) is 0 Å². The fourth-order valence-corrected chi connectivity index (χ4v) is 5.96. The van der Waals surface area contributed by atoms with Gasteiger partial charge in [0.05, 0.1) is 12.2 Å². The first-order valence-electron chi connectivity index (χ1n) is 7.91. The Hall–Kier alpha value is -0.940. The highest BCUT2D eigenvalue weighted by atomic mass is 35.5. The monoisotopic (exact) mass is 350 g/mol. The zero-order valence-electron chi connectivity index (χ0n) is 11.9. The molecule has 2 heterocycles. The lowest BCUT2D eigenvalue weighted by molar-refractivity contribution is -0.140. The van der Waals surface area contributed by atoms with E-state index in [0.29, 0.717) is 15.6 Å². The fourth-order valence-electron chi connectivity index (χ4n) is 5.53. The van der Waals surface area contributed by atoms with Gasteiger partial charge in [-0.1, -0.05) is 23.2 Å². The van der Waals surface area contributed by atoms with Crippen molar-refractivity contribution in [3.63, 3.8) is 0 Å². The van der Waals surface area contributed by atoms with Crippen LogP contribution in [0.3, 0.4) is 0 Å². The van der Waals surface area contributed by atoms with Crippen molar-refractivity contribution in [1.82, 2.24) is 0 Å². The standard InChI is InChI=1S/C17H12Cl2O4/c18-5-1-2-9(19)8(3-5)17-15(21)11-7-4-6(13-14(7)22-13)10(11)12(20)16(17)23-17/h1-3,6-7,10-11,13-14,16H,4H2/t6-,7-,10+,11-,13+,14+,16+,17+/m0/s1. The van der Waals surface area contributed by atoms with Crippen LogP contribution >= 0.6 is 23.2 Å². The van der Waals surface area contributed by atoms with Gasteiger partial charge in [0, 0.05) is 27.4 Å². The van der Waals surface area contributed by atoms with Crippen LogP contribution in [-0.2, 0) is 24.7 Å². The summed E-state index contributed by atoms with van der Waals surface area (Å²) in [5.74, 6) is -0.111. The number of hydrogen-bond acceptors (Lipinski definition) is 4. The molecule has 0 aromatic heterocycles. The van der Waals surface area contributed by atoms with Crippen LogP contribution in [0.5, 0.6) is 0 Å². The second kappa shape index (κ2) is 3.83. The van der Waals surface area contributed by atoms with Crippen molar-refractivity contribution < 1.29 is 19.1 Å². The molecule has 1 aromatic rings. The number of hydrogen-bond donors (Lipinski definition) is 0. The smallest absolute Gasteiger partial charge is 0.187 e. The van der Waals surface area contributed by atoms with E-state index in [1.54, 1.807) is 18.2 Å². The van der Waals surface area contributed by atoms with Crippen LogP contribution in [-0.4, -0.2) is 29.9 Å². The number of benzene rings is 1. The van der Waals surface area contributed by atoms with E-state index in [9.17, 15) is 9.59 Å². The van der Waals surface area contributed by atoms with E-state index in [4.69, 9.17) is 32.7 Å². The molecule has 6 heteroatoms. The first-order valence-corrected chi connectivity index (χ1v) is 8.66. The van der Waals surface area contributed by atoms with Crippen LogP contribution < -0.4 is 0 Å². The molecular weight excluding hydrogens is 339 g/mol. The number of ketones is 2. The maximum absolute atomic E-state index is 13.3. The first kappa shape index (κ1) is 13.4. The molecule has 0 unspecified atom stereocenters. The molecule has 0 radical (unpaired) electrons. The Balaban J connectivity index is 1.50. The number of ether oxygens (including phenoxy) is 2. The molecule has 3 saturated carbocycles. The Morgan fingerprint density at radius 2 is 1.83 bits per heavy atom. The average Bonchev–Trinajstić information content (AvgIpc) is 3.42. The van der Waals surface area contributed by atoms with E-state index in [0.717, 1.165) is 6.42 Å². The molecule has 5 aliphatic rings. The molecule has 3 aliphatic carbocycles. The number of Topliss-reactive ketones (excluding diaryl/α,β-unsaturated/α-hetero) is 2. The number of rotatable bonds is 1. The third kappa shape index (κ3) is 1.36. The molecule has 6 rings (SSSR count). The summed E-state index contributed by atoms with van der Waals surface area (Å²) in [5, 5.41) is 0.897. The van der Waals surface area contributed by atoms with E-state index < -0.39 is 11.7 Å². The van der Waals surface area contributed by atoms with Gasteiger partial charge in [-0.25, -0.2) is 0 Å². The SMILES string of the molecule is O=C1[C@@H]2[C@@H]3C[C@H]([C@H]4O[C@H]34)[C@@H]2C(=O)[C@@]2(c3cc(Cl)ccc3Cl)O[C@H]12. The topological polar surface area (TPSA) is 59.2 Å².